The summed E-state index contributed by atoms with van der Waals surface area (Å²) in [7, 11) is -3.39. The van der Waals surface area contributed by atoms with Crippen LogP contribution in [0.5, 0.6) is 0 Å². The maximum atomic E-state index is 12.9. The van der Waals surface area contributed by atoms with Crippen molar-refractivity contribution in [3.8, 4) is 0 Å². The van der Waals surface area contributed by atoms with Gasteiger partial charge in [-0.25, -0.2) is 8.42 Å². The number of aryl methyl sites for hydroxylation is 2. The number of halogens is 1. The molecule has 0 saturated carbocycles. The van der Waals surface area contributed by atoms with Crippen molar-refractivity contribution in [1.82, 2.24) is 4.31 Å². The van der Waals surface area contributed by atoms with E-state index in [1.807, 2.05) is 19.9 Å². The largest absolute Gasteiger partial charge is 0.243 e. The van der Waals surface area contributed by atoms with Gasteiger partial charge in [-0.3, -0.25) is 0 Å². The Bertz CT molecular complexity index is 603. The first-order chi connectivity index (χ1) is 9.21. The van der Waals surface area contributed by atoms with Crippen LogP contribution in [0.3, 0.4) is 0 Å². The Balaban J connectivity index is 2.42. The van der Waals surface area contributed by atoms with Crippen LogP contribution in [-0.2, 0) is 10.0 Å². The molecule has 0 aromatic heterocycles. The number of hydrogen-bond donors (Lipinski definition) is 0. The van der Waals surface area contributed by atoms with Crippen LogP contribution in [0.4, 0.5) is 0 Å². The Kier molecular flexibility index (Phi) is 4.62. The van der Waals surface area contributed by atoms with Gasteiger partial charge in [-0.2, -0.15) is 4.31 Å². The molecule has 112 valence electrons. The van der Waals surface area contributed by atoms with E-state index in [-0.39, 0.29) is 0 Å². The van der Waals surface area contributed by atoms with Gasteiger partial charge in [-0.15, -0.1) is 0 Å². The zero-order valence-electron chi connectivity index (χ0n) is 12.5. The molecule has 3 nitrogen and oxygen atoms in total. The fourth-order valence-electron chi connectivity index (χ4n) is 3.03. The molecule has 1 aromatic carbocycles. The lowest BCUT2D eigenvalue weighted by Gasteiger charge is -2.34. The van der Waals surface area contributed by atoms with Crippen LogP contribution in [0.15, 0.2) is 21.5 Å². The summed E-state index contributed by atoms with van der Waals surface area (Å²) in [5, 5.41) is 0. The molecule has 1 fully saturated rings. The lowest BCUT2D eigenvalue weighted by molar-refractivity contribution is 0.222. The quantitative estimate of drug-likeness (QED) is 0.806. The van der Waals surface area contributed by atoms with Gasteiger partial charge >= 0.3 is 0 Å². The Hall–Kier alpha value is -0.390. The van der Waals surface area contributed by atoms with E-state index in [4.69, 9.17) is 0 Å². The number of piperidine rings is 1. The smallest absolute Gasteiger partial charge is 0.207 e. The van der Waals surface area contributed by atoms with Crippen molar-refractivity contribution in [3.05, 3.63) is 27.7 Å². The highest BCUT2D eigenvalue weighted by Crippen LogP contribution is 2.30. The number of hydrogen-bond acceptors (Lipinski definition) is 2. The van der Waals surface area contributed by atoms with Crippen molar-refractivity contribution in [1.29, 1.82) is 0 Å². The van der Waals surface area contributed by atoms with E-state index in [0.717, 1.165) is 22.0 Å². The molecule has 0 radical (unpaired) electrons. The highest BCUT2D eigenvalue weighted by molar-refractivity contribution is 9.10. The topological polar surface area (TPSA) is 37.4 Å². The molecule has 0 aliphatic carbocycles. The van der Waals surface area contributed by atoms with E-state index in [2.05, 4.69) is 29.8 Å². The Morgan fingerprint density at radius 2 is 1.65 bits per heavy atom. The zero-order valence-corrected chi connectivity index (χ0v) is 14.9. The average molecular weight is 360 g/mol. The summed E-state index contributed by atoms with van der Waals surface area (Å²) >= 11 is 3.44. The first-order valence-corrected chi connectivity index (χ1v) is 9.22. The van der Waals surface area contributed by atoms with Crippen molar-refractivity contribution in [3.63, 3.8) is 0 Å². The van der Waals surface area contributed by atoms with Gasteiger partial charge < -0.3 is 0 Å². The van der Waals surface area contributed by atoms with Crippen LogP contribution in [0.1, 0.15) is 31.4 Å². The lowest BCUT2D eigenvalue weighted by Crippen LogP contribution is -2.42. The van der Waals surface area contributed by atoms with Gasteiger partial charge in [0, 0.05) is 17.6 Å². The molecule has 5 heteroatoms. The second-order valence-electron chi connectivity index (χ2n) is 6.13. The predicted octanol–water partition coefficient (Wildman–Crippen LogP) is 3.73. The molecule has 0 N–H and O–H groups in total. The van der Waals surface area contributed by atoms with E-state index in [1.54, 1.807) is 10.4 Å². The molecule has 0 bridgehead atoms. The predicted molar refractivity (Wildman–Crippen MR) is 85.3 cm³/mol. The van der Waals surface area contributed by atoms with Crippen LogP contribution >= 0.6 is 15.9 Å². The SMILES string of the molecule is Cc1cc(C)c(S(=O)(=O)N2C[C@@H](C)C[C@H](C)C2)cc1Br. The summed E-state index contributed by atoms with van der Waals surface area (Å²) in [4.78, 5) is 0.427. The number of rotatable bonds is 2. The summed E-state index contributed by atoms with van der Waals surface area (Å²) in [5.41, 5.74) is 1.87. The standard InChI is InChI=1S/C15H22BrNO2S/c1-10-5-11(2)9-17(8-10)20(18,19)15-7-14(16)12(3)6-13(15)4/h6-7,10-11H,5,8-9H2,1-4H3/t10-,11-/m0/s1. The van der Waals surface area contributed by atoms with E-state index < -0.39 is 10.0 Å². The number of benzene rings is 1. The monoisotopic (exact) mass is 359 g/mol. The van der Waals surface area contributed by atoms with Gasteiger partial charge in [0.25, 0.3) is 0 Å². The summed E-state index contributed by atoms with van der Waals surface area (Å²) in [5.74, 6) is 0.838. The van der Waals surface area contributed by atoms with Crippen LogP contribution < -0.4 is 0 Å². The molecule has 2 rings (SSSR count). The maximum absolute atomic E-state index is 12.9. The van der Waals surface area contributed by atoms with E-state index in [0.29, 0.717) is 29.8 Å². The van der Waals surface area contributed by atoms with E-state index in [9.17, 15) is 8.42 Å². The average Bonchev–Trinajstić information content (AvgIpc) is 2.32. The van der Waals surface area contributed by atoms with Crippen LogP contribution in [-0.4, -0.2) is 25.8 Å². The highest BCUT2D eigenvalue weighted by atomic mass is 79.9. The normalized spacial score (nSPS) is 24.9. The molecule has 1 aliphatic heterocycles. The van der Waals surface area contributed by atoms with Crippen molar-refractivity contribution in [2.75, 3.05) is 13.1 Å². The number of sulfonamides is 1. The minimum atomic E-state index is -3.39. The van der Waals surface area contributed by atoms with Crippen LogP contribution in [0.25, 0.3) is 0 Å². The van der Waals surface area contributed by atoms with Crippen molar-refractivity contribution in [2.24, 2.45) is 11.8 Å². The number of nitrogens with zero attached hydrogens (tertiary/aromatic N) is 1. The molecule has 1 aromatic rings. The first kappa shape index (κ1) is 16.0. The van der Waals surface area contributed by atoms with Gasteiger partial charge in [0.15, 0.2) is 0 Å². The second kappa shape index (κ2) is 5.78. The molecular formula is C15H22BrNO2S. The minimum Gasteiger partial charge on any atom is -0.207 e. The third-order valence-electron chi connectivity index (χ3n) is 3.91. The van der Waals surface area contributed by atoms with Crippen LogP contribution in [0, 0.1) is 25.7 Å². The molecule has 1 aliphatic rings. The Morgan fingerprint density at radius 3 is 2.20 bits per heavy atom. The third-order valence-corrected chi connectivity index (χ3v) is 6.74. The first-order valence-electron chi connectivity index (χ1n) is 6.98. The fourth-order valence-corrected chi connectivity index (χ4v) is 5.43. The van der Waals surface area contributed by atoms with Crippen molar-refractivity contribution >= 4 is 26.0 Å². The molecule has 2 atom stereocenters. The molecule has 1 saturated heterocycles. The summed E-state index contributed by atoms with van der Waals surface area (Å²) < 4.78 is 28.2. The van der Waals surface area contributed by atoms with E-state index >= 15 is 0 Å². The minimum absolute atomic E-state index is 0.419. The zero-order chi connectivity index (χ0) is 15.1. The van der Waals surface area contributed by atoms with E-state index in [1.165, 1.54) is 0 Å². The summed E-state index contributed by atoms with van der Waals surface area (Å²) in [6, 6.07) is 3.66. The van der Waals surface area contributed by atoms with Crippen molar-refractivity contribution in [2.45, 2.75) is 39.0 Å². The highest BCUT2D eigenvalue weighted by Gasteiger charge is 2.32. The lowest BCUT2D eigenvalue weighted by atomic mass is 9.94. The van der Waals surface area contributed by atoms with Gasteiger partial charge in [0.05, 0.1) is 4.90 Å². The van der Waals surface area contributed by atoms with Crippen LogP contribution in [0.2, 0.25) is 0 Å². The maximum Gasteiger partial charge on any atom is 0.243 e. The third kappa shape index (κ3) is 3.10. The molecule has 0 unspecified atom stereocenters. The second-order valence-corrected chi connectivity index (χ2v) is 8.90. The Morgan fingerprint density at radius 1 is 1.10 bits per heavy atom. The molecule has 1 heterocycles. The fraction of sp³-hybridized carbons (Fsp3) is 0.600. The van der Waals surface area contributed by atoms with Crippen molar-refractivity contribution < 1.29 is 8.42 Å². The summed E-state index contributed by atoms with van der Waals surface area (Å²) in [6.45, 7) is 9.32. The molecule has 20 heavy (non-hydrogen) atoms. The molecular weight excluding hydrogens is 338 g/mol. The Labute approximate surface area is 130 Å². The summed E-state index contributed by atoms with van der Waals surface area (Å²) in [6.07, 6.45) is 1.10. The van der Waals surface area contributed by atoms with Gasteiger partial charge in [-0.05, 0) is 49.3 Å². The molecule has 0 amide bonds. The van der Waals surface area contributed by atoms with Gasteiger partial charge in [0.1, 0.15) is 0 Å². The van der Waals surface area contributed by atoms with Gasteiger partial charge in [-0.1, -0.05) is 35.8 Å². The molecule has 0 spiro atoms. The van der Waals surface area contributed by atoms with Gasteiger partial charge in [0.2, 0.25) is 10.0 Å².